The van der Waals surface area contributed by atoms with E-state index in [0.717, 1.165) is 21.4 Å². The topological polar surface area (TPSA) is 113 Å². The molecule has 0 aliphatic carbocycles. The molecular formula is C15H17N5O3. The molecule has 2 aromatic rings. The van der Waals surface area contributed by atoms with Crippen LogP contribution in [0, 0.1) is 0 Å². The number of nitrogens with two attached hydrogens (primary N) is 1. The van der Waals surface area contributed by atoms with Crippen LogP contribution in [0.4, 0.5) is 10.6 Å². The maximum atomic E-state index is 12.3. The first kappa shape index (κ1) is 15.0. The highest BCUT2D eigenvalue weighted by Gasteiger charge is 2.34. The fourth-order valence-electron chi connectivity index (χ4n) is 2.79. The van der Waals surface area contributed by atoms with Gasteiger partial charge >= 0.3 is 6.09 Å². The van der Waals surface area contributed by atoms with Gasteiger partial charge in [0.2, 0.25) is 5.91 Å². The second-order valence-corrected chi connectivity index (χ2v) is 5.52. The maximum Gasteiger partial charge on any atom is 0.408 e. The van der Waals surface area contributed by atoms with Crippen LogP contribution < -0.4 is 5.73 Å². The molecule has 0 bridgehead atoms. The van der Waals surface area contributed by atoms with Crippen molar-refractivity contribution in [2.45, 2.75) is 19.5 Å². The summed E-state index contributed by atoms with van der Waals surface area (Å²) in [5.41, 5.74) is 7.44. The maximum absolute atomic E-state index is 12.3. The minimum atomic E-state index is -1.07. The van der Waals surface area contributed by atoms with E-state index in [9.17, 15) is 9.59 Å². The summed E-state index contributed by atoms with van der Waals surface area (Å²) in [6.07, 6.45) is 0.337. The van der Waals surface area contributed by atoms with Crippen molar-refractivity contribution in [3.63, 3.8) is 0 Å². The van der Waals surface area contributed by atoms with Crippen LogP contribution in [0.5, 0.6) is 0 Å². The lowest BCUT2D eigenvalue weighted by molar-refractivity contribution is -0.140. The van der Waals surface area contributed by atoms with E-state index in [-0.39, 0.29) is 5.91 Å². The third-order valence-corrected chi connectivity index (χ3v) is 4.10. The lowest BCUT2D eigenvalue weighted by atomic mass is 10.1. The summed E-state index contributed by atoms with van der Waals surface area (Å²) >= 11 is 0. The fourth-order valence-corrected chi connectivity index (χ4v) is 2.79. The van der Waals surface area contributed by atoms with Crippen molar-refractivity contribution < 1.29 is 14.7 Å². The van der Waals surface area contributed by atoms with Crippen LogP contribution in [0.1, 0.15) is 12.5 Å². The van der Waals surface area contributed by atoms with Gasteiger partial charge in [-0.1, -0.05) is 6.07 Å². The molecule has 0 radical (unpaired) electrons. The van der Waals surface area contributed by atoms with Crippen LogP contribution in [0.15, 0.2) is 24.5 Å². The number of carboxylic acid groups (broad SMARTS) is 1. The number of carbonyl (C=O) groups excluding carboxylic acids is 1. The predicted octanol–water partition coefficient (Wildman–Crippen LogP) is 0.923. The van der Waals surface area contributed by atoms with Gasteiger partial charge in [0, 0.05) is 25.0 Å². The molecule has 1 atom stereocenters. The van der Waals surface area contributed by atoms with Gasteiger partial charge in [-0.05, 0) is 24.6 Å². The monoisotopic (exact) mass is 315 g/mol. The molecule has 0 saturated carbocycles. The van der Waals surface area contributed by atoms with Gasteiger partial charge < -0.3 is 15.7 Å². The summed E-state index contributed by atoms with van der Waals surface area (Å²) < 4.78 is 0. The standard InChI is InChI=1S/C15H17N5O3/c1-9-14(21)19(4-5-20(9)15(22)23)7-10-2-3-11-12(6-10)17-8-18-13(11)16/h2-3,6,8-9H,4-5,7H2,1H3,(H,22,23)(H2,16,17,18)/t9-/m0/s1. The zero-order valence-corrected chi connectivity index (χ0v) is 12.6. The SMILES string of the molecule is C[C@H]1C(=O)N(Cc2ccc3c(N)ncnc3c2)CCN1C(=O)O. The Kier molecular flexibility index (Phi) is 3.73. The number of hydrogen-bond donors (Lipinski definition) is 2. The van der Waals surface area contributed by atoms with Gasteiger partial charge in [-0.25, -0.2) is 14.8 Å². The summed E-state index contributed by atoms with van der Waals surface area (Å²) in [5, 5.41) is 9.85. The van der Waals surface area contributed by atoms with Crippen molar-refractivity contribution in [2.75, 3.05) is 18.8 Å². The minimum Gasteiger partial charge on any atom is -0.465 e. The molecule has 120 valence electrons. The highest BCUT2D eigenvalue weighted by atomic mass is 16.4. The Morgan fingerprint density at radius 3 is 2.91 bits per heavy atom. The van der Waals surface area contributed by atoms with Crippen molar-refractivity contribution in [2.24, 2.45) is 0 Å². The molecule has 3 N–H and O–H groups in total. The molecule has 1 fully saturated rings. The molecule has 1 aromatic carbocycles. The Labute approximate surface area is 132 Å². The molecule has 1 saturated heterocycles. The Balaban J connectivity index is 1.80. The zero-order chi connectivity index (χ0) is 16.6. The van der Waals surface area contributed by atoms with E-state index in [1.165, 1.54) is 6.33 Å². The van der Waals surface area contributed by atoms with Crippen molar-refractivity contribution in [1.29, 1.82) is 0 Å². The number of nitrogens with zero attached hydrogens (tertiary/aromatic N) is 4. The molecule has 23 heavy (non-hydrogen) atoms. The molecule has 0 unspecified atom stereocenters. The zero-order valence-electron chi connectivity index (χ0n) is 12.6. The average Bonchev–Trinajstić information content (AvgIpc) is 2.52. The van der Waals surface area contributed by atoms with Crippen molar-refractivity contribution in [3.05, 3.63) is 30.1 Å². The number of anilines is 1. The Morgan fingerprint density at radius 1 is 1.39 bits per heavy atom. The second-order valence-electron chi connectivity index (χ2n) is 5.52. The van der Waals surface area contributed by atoms with Crippen LogP contribution in [0.25, 0.3) is 10.9 Å². The average molecular weight is 315 g/mol. The van der Waals surface area contributed by atoms with E-state index >= 15 is 0 Å². The normalized spacial score (nSPS) is 18.5. The molecule has 0 spiro atoms. The van der Waals surface area contributed by atoms with Crippen molar-refractivity contribution in [1.82, 2.24) is 19.8 Å². The molecular weight excluding hydrogens is 298 g/mol. The molecule has 1 aliphatic heterocycles. The Hall–Kier alpha value is -2.90. The molecule has 3 rings (SSSR count). The number of nitrogen functional groups attached to an aromatic ring is 1. The number of benzene rings is 1. The van der Waals surface area contributed by atoms with E-state index in [1.54, 1.807) is 11.8 Å². The highest BCUT2D eigenvalue weighted by molar-refractivity contribution is 5.88. The van der Waals surface area contributed by atoms with Crippen LogP contribution in [0.3, 0.4) is 0 Å². The Bertz CT molecular complexity index is 779. The quantitative estimate of drug-likeness (QED) is 0.852. The van der Waals surface area contributed by atoms with Crippen LogP contribution in [-0.2, 0) is 11.3 Å². The van der Waals surface area contributed by atoms with Gasteiger partial charge in [-0.3, -0.25) is 9.69 Å². The lowest BCUT2D eigenvalue weighted by Crippen LogP contribution is -2.56. The molecule has 2 heterocycles. The van der Waals surface area contributed by atoms with Crippen molar-refractivity contribution >= 4 is 28.7 Å². The fraction of sp³-hybridized carbons (Fsp3) is 0.333. The summed E-state index contributed by atoms with van der Waals surface area (Å²) in [4.78, 5) is 34.4. The number of rotatable bonds is 2. The van der Waals surface area contributed by atoms with Gasteiger partial charge in [0.25, 0.3) is 0 Å². The lowest BCUT2D eigenvalue weighted by Gasteiger charge is -2.37. The second kappa shape index (κ2) is 5.71. The first-order valence-corrected chi connectivity index (χ1v) is 7.25. The largest absolute Gasteiger partial charge is 0.465 e. The predicted molar refractivity (Wildman–Crippen MR) is 83.6 cm³/mol. The molecule has 1 aromatic heterocycles. The van der Waals surface area contributed by atoms with Crippen LogP contribution in [-0.4, -0.2) is 56.0 Å². The summed E-state index contributed by atoms with van der Waals surface area (Å²) in [6.45, 7) is 2.71. The third kappa shape index (κ3) is 2.75. The smallest absolute Gasteiger partial charge is 0.408 e. The number of fused-ring (bicyclic) bond motifs is 1. The van der Waals surface area contributed by atoms with E-state index in [1.807, 2.05) is 18.2 Å². The van der Waals surface area contributed by atoms with Crippen LogP contribution in [0.2, 0.25) is 0 Å². The number of hydrogen-bond acceptors (Lipinski definition) is 5. The number of piperazine rings is 1. The molecule has 8 nitrogen and oxygen atoms in total. The third-order valence-electron chi connectivity index (χ3n) is 4.10. The summed E-state index contributed by atoms with van der Waals surface area (Å²) in [5.74, 6) is 0.224. The van der Waals surface area contributed by atoms with Crippen LogP contribution >= 0.6 is 0 Å². The molecule has 2 amide bonds. The van der Waals surface area contributed by atoms with E-state index in [2.05, 4.69) is 9.97 Å². The Morgan fingerprint density at radius 2 is 2.17 bits per heavy atom. The van der Waals surface area contributed by atoms with Gasteiger partial charge in [0.1, 0.15) is 18.2 Å². The summed E-state index contributed by atoms with van der Waals surface area (Å²) in [7, 11) is 0. The van der Waals surface area contributed by atoms with Gasteiger partial charge in [0.15, 0.2) is 0 Å². The van der Waals surface area contributed by atoms with Gasteiger partial charge in [-0.15, -0.1) is 0 Å². The molecule has 8 heteroatoms. The molecule has 1 aliphatic rings. The first-order valence-electron chi connectivity index (χ1n) is 7.25. The number of amides is 2. The van der Waals surface area contributed by atoms with E-state index < -0.39 is 12.1 Å². The van der Waals surface area contributed by atoms with Gasteiger partial charge in [0.05, 0.1) is 5.52 Å². The van der Waals surface area contributed by atoms with E-state index in [4.69, 9.17) is 10.8 Å². The summed E-state index contributed by atoms with van der Waals surface area (Å²) in [6, 6.07) is 4.92. The first-order chi connectivity index (χ1) is 11.0. The minimum absolute atomic E-state index is 0.194. The van der Waals surface area contributed by atoms with E-state index in [0.29, 0.717) is 25.5 Å². The van der Waals surface area contributed by atoms with Gasteiger partial charge in [-0.2, -0.15) is 0 Å². The number of aromatic nitrogens is 2. The van der Waals surface area contributed by atoms with Crippen molar-refractivity contribution in [3.8, 4) is 0 Å². The highest BCUT2D eigenvalue weighted by Crippen LogP contribution is 2.20. The number of carbonyl (C=O) groups is 2.